The van der Waals surface area contributed by atoms with Gasteiger partial charge in [0.2, 0.25) is 0 Å². The van der Waals surface area contributed by atoms with Crippen LogP contribution in [0.2, 0.25) is 0 Å². The summed E-state index contributed by atoms with van der Waals surface area (Å²) in [4.78, 5) is 14.5. The monoisotopic (exact) mass is 409 g/mol. The fraction of sp³-hybridized carbons (Fsp3) is 0.158. The zero-order chi connectivity index (χ0) is 19.6. The van der Waals surface area contributed by atoms with E-state index in [2.05, 4.69) is 0 Å². The molecule has 0 aliphatic carbocycles. The molecule has 1 amide bonds. The van der Waals surface area contributed by atoms with E-state index in [1.807, 2.05) is 12.1 Å². The molecule has 0 saturated carbocycles. The highest BCUT2D eigenvalue weighted by molar-refractivity contribution is 8.26. The lowest BCUT2D eigenvalue weighted by Crippen LogP contribution is -2.27. The zero-order valence-corrected chi connectivity index (χ0v) is 15.8. The highest BCUT2D eigenvalue weighted by atomic mass is 32.2. The summed E-state index contributed by atoms with van der Waals surface area (Å²) in [5.74, 6) is 0.451. The van der Waals surface area contributed by atoms with E-state index in [0.29, 0.717) is 27.1 Å². The van der Waals surface area contributed by atoms with Crippen molar-refractivity contribution < 1.29 is 22.7 Å². The van der Waals surface area contributed by atoms with Gasteiger partial charge in [0, 0.05) is 0 Å². The minimum Gasteiger partial charge on any atom is -0.497 e. The molecule has 3 rings (SSSR count). The SMILES string of the molecule is COc1ccc(CN2C(=O)/C(=C/c3ccc(C(F)(F)F)cc3)SC2=S)cc1. The summed E-state index contributed by atoms with van der Waals surface area (Å²) in [5.41, 5.74) is 0.669. The molecule has 8 heteroatoms. The molecule has 0 N–H and O–H groups in total. The van der Waals surface area contributed by atoms with Crippen molar-refractivity contribution in [3.05, 3.63) is 70.1 Å². The molecule has 0 atom stereocenters. The number of halogens is 3. The first kappa shape index (κ1) is 19.4. The van der Waals surface area contributed by atoms with Crippen molar-refractivity contribution >= 4 is 40.3 Å². The molecule has 1 saturated heterocycles. The van der Waals surface area contributed by atoms with Crippen LogP contribution in [-0.2, 0) is 17.5 Å². The van der Waals surface area contributed by atoms with E-state index in [1.54, 1.807) is 25.3 Å². The lowest BCUT2D eigenvalue weighted by atomic mass is 10.1. The first-order valence-corrected chi connectivity index (χ1v) is 9.06. The van der Waals surface area contributed by atoms with Gasteiger partial charge in [-0.15, -0.1) is 0 Å². The van der Waals surface area contributed by atoms with Crippen molar-refractivity contribution in [2.24, 2.45) is 0 Å². The molecule has 140 valence electrons. The minimum atomic E-state index is -4.39. The minimum absolute atomic E-state index is 0.263. The first-order valence-electron chi connectivity index (χ1n) is 7.83. The smallest absolute Gasteiger partial charge is 0.416 e. The molecule has 0 unspecified atom stereocenters. The van der Waals surface area contributed by atoms with Crippen molar-refractivity contribution in [3.8, 4) is 5.75 Å². The second kappa shape index (κ2) is 7.74. The number of carbonyl (C=O) groups excluding carboxylic acids is 1. The van der Waals surface area contributed by atoms with Crippen LogP contribution in [0.5, 0.6) is 5.75 Å². The predicted molar refractivity (Wildman–Crippen MR) is 103 cm³/mol. The third-order valence-electron chi connectivity index (χ3n) is 3.91. The van der Waals surface area contributed by atoms with Crippen molar-refractivity contribution in [2.45, 2.75) is 12.7 Å². The first-order chi connectivity index (χ1) is 12.8. The number of benzene rings is 2. The maximum Gasteiger partial charge on any atom is 0.416 e. The molecule has 3 nitrogen and oxygen atoms in total. The molecule has 2 aromatic carbocycles. The van der Waals surface area contributed by atoms with E-state index in [0.717, 1.165) is 29.5 Å². The number of carbonyl (C=O) groups is 1. The Balaban J connectivity index is 1.75. The number of amides is 1. The molecule has 0 spiro atoms. The Bertz CT molecular complexity index is 891. The van der Waals surface area contributed by atoms with Gasteiger partial charge in [0.05, 0.1) is 24.1 Å². The Morgan fingerprint density at radius 3 is 2.30 bits per heavy atom. The fourth-order valence-corrected chi connectivity index (χ4v) is 3.72. The van der Waals surface area contributed by atoms with Crippen molar-refractivity contribution in [3.63, 3.8) is 0 Å². The molecular weight excluding hydrogens is 395 g/mol. The third-order valence-corrected chi connectivity index (χ3v) is 5.29. The standard InChI is InChI=1S/C19H14F3NO2S2/c1-25-15-8-4-13(5-9-15)11-23-17(24)16(27-18(23)26)10-12-2-6-14(7-3-12)19(20,21)22/h2-10H,11H2,1H3/b16-10-. The van der Waals surface area contributed by atoms with Gasteiger partial charge < -0.3 is 4.74 Å². The second-order valence-electron chi connectivity index (χ2n) is 5.74. The summed E-state index contributed by atoms with van der Waals surface area (Å²) in [6, 6.07) is 11.9. The summed E-state index contributed by atoms with van der Waals surface area (Å²) >= 11 is 6.42. The number of ether oxygens (including phenoxy) is 1. The van der Waals surface area contributed by atoms with Gasteiger partial charge in [0.15, 0.2) is 0 Å². The molecule has 27 heavy (non-hydrogen) atoms. The fourth-order valence-electron chi connectivity index (χ4n) is 2.47. The Kier molecular flexibility index (Phi) is 5.57. The number of alkyl halides is 3. The van der Waals surface area contributed by atoms with Gasteiger partial charge in [-0.3, -0.25) is 9.69 Å². The van der Waals surface area contributed by atoms with E-state index < -0.39 is 11.7 Å². The van der Waals surface area contributed by atoms with Crippen LogP contribution in [0.15, 0.2) is 53.4 Å². The second-order valence-corrected chi connectivity index (χ2v) is 7.41. The Hall–Kier alpha value is -2.32. The van der Waals surface area contributed by atoms with E-state index in [1.165, 1.54) is 17.0 Å². The van der Waals surface area contributed by atoms with E-state index in [9.17, 15) is 18.0 Å². The largest absolute Gasteiger partial charge is 0.497 e. The zero-order valence-electron chi connectivity index (χ0n) is 14.1. The lowest BCUT2D eigenvalue weighted by molar-refractivity contribution is -0.137. The van der Waals surface area contributed by atoms with Crippen LogP contribution < -0.4 is 4.74 Å². The molecule has 0 bridgehead atoms. The quantitative estimate of drug-likeness (QED) is 0.518. The van der Waals surface area contributed by atoms with Gasteiger partial charge in [0.25, 0.3) is 5.91 Å². The van der Waals surface area contributed by atoms with Gasteiger partial charge in [-0.1, -0.05) is 48.2 Å². The lowest BCUT2D eigenvalue weighted by Gasteiger charge is -2.14. The topological polar surface area (TPSA) is 29.5 Å². The summed E-state index contributed by atoms with van der Waals surface area (Å²) in [6.45, 7) is 0.318. The van der Waals surface area contributed by atoms with Gasteiger partial charge in [-0.25, -0.2) is 0 Å². The molecule has 0 aromatic heterocycles. The highest BCUT2D eigenvalue weighted by Crippen LogP contribution is 2.34. The highest BCUT2D eigenvalue weighted by Gasteiger charge is 2.32. The van der Waals surface area contributed by atoms with Gasteiger partial charge in [0.1, 0.15) is 10.1 Å². The van der Waals surface area contributed by atoms with Crippen LogP contribution in [0.4, 0.5) is 13.2 Å². The number of hydrogen-bond acceptors (Lipinski definition) is 4. The number of thioether (sulfide) groups is 1. The molecule has 1 heterocycles. The Morgan fingerprint density at radius 2 is 1.74 bits per heavy atom. The van der Waals surface area contributed by atoms with Crippen LogP contribution >= 0.6 is 24.0 Å². The Morgan fingerprint density at radius 1 is 1.11 bits per heavy atom. The normalized spacial score (nSPS) is 16.3. The van der Waals surface area contributed by atoms with E-state index >= 15 is 0 Å². The number of rotatable bonds is 4. The number of nitrogens with zero attached hydrogens (tertiary/aromatic N) is 1. The van der Waals surface area contributed by atoms with E-state index in [-0.39, 0.29) is 5.91 Å². The van der Waals surface area contributed by atoms with Crippen molar-refractivity contribution in [1.82, 2.24) is 4.90 Å². The summed E-state index contributed by atoms with van der Waals surface area (Å²) in [7, 11) is 1.57. The van der Waals surface area contributed by atoms with Crippen LogP contribution in [0.3, 0.4) is 0 Å². The maximum absolute atomic E-state index is 12.6. The molecule has 1 aliphatic heterocycles. The predicted octanol–water partition coefficient (Wildman–Crippen LogP) is 5.12. The number of hydrogen-bond donors (Lipinski definition) is 0. The van der Waals surface area contributed by atoms with Crippen LogP contribution in [0.25, 0.3) is 6.08 Å². The molecular formula is C19H14F3NO2S2. The van der Waals surface area contributed by atoms with Gasteiger partial charge in [-0.05, 0) is 41.5 Å². The van der Waals surface area contributed by atoms with Gasteiger partial charge in [-0.2, -0.15) is 13.2 Å². The van der Waals surface area contributed by atoms with Crippen molar-refractivity contribution in [2.75, 3.05) is 7.11 Å². The average molecular weight is 409 g/mol. The summed E-state index contributed by atoms with van der Waals surface area (Å²) < 4.78 is 43.4. The summed E-state index contributed by atoms with van der Waals surface area (Å²) in [5, 5.41) is 0. The number of thiocarbonyl (C=S) groups is 1. The summed E-state index contributed by atoms with van der Waals surface area (Å²) in [6.07, 6.45) is -2.84. The molecule has 1 aliphatic rings. The Labute approximate surface area is 163 Å². The van der Waals surface area contributed by atoms with Crippen LogP contribution in [0.1, 0.15) is 16.7 Å². The van der Waals surface area contributed by atoms with Crippen molar-refractivity contribution in [1.29, 1.82) is 0 Å². The van der Waals surface area contributed by atoms with E-state index in [4.69, 9.17) is 17.0 Å². The maximum atomic E-state index is 12.6. The molecule has 1 fully saturated rings. The van der Waals surface area contributed by atoms with Crippen LogP contribution in [-0.4, -0.2) is 22.2 Å². The van der Waals surface area contributed by atoms with Crippen LogP contribution in [0, 0.1) is 0 Å². The van der Waals surface area contributed by atoms with Gasteiger partial charge >= 0.3 is 6.18 Å². The average Bonchev–Trinajstić information content (AvgIpc) is 2.89. The number of methoxy groups -OCH3 is 1. The molecule has 2 aromatic rings. The molecule has 0 radical (unpaired) electrons. The third kappa shape index (κ3) is 4.51.